The average molecular weight is 157 g/mol. The van der Waals surface area contributed by atoms with Crippen LogP contribution in [0.2, 0.25) is 0 Å². The van der Waals surface area contributed by atoms with Crippen LogP contribution in [0.1, 0.15) is 6.92 Å². The molecular formula is C7H11NO3. The summed E-state index contributed by atoms with van der Waals surface area (Å²) in [5.41, 5.74) is 0. The first-order valence-electron chi connectivity index (χ1n) is 3.17. The molecule has 0 bridgehead atoms. The zero-order valence-electron chi connectivity index (χ0n) is 6.42. The van der Waals surface area contributed by atoms with Gasteiger partial charge in [0.25, 0.3) is 0 Å². The van der Waals surface area contributed by atoms with Gasteiger partial charge in [-0.15, -0.1) is 0 Å². The van der Waals surface area contributed by atoms with E-state index in [1.54, 1.807) is 0 Å². The molecule has 0 saturated heterocycles. The average Bonchev–Trinajstić information content (AvgIpc) is 1.97. The summed E-state index contributed by atoms with van der Waals surface area (Å²) in [4.78, 5) is 20.9. The Morgan fingerprint density at radius 1 is 1.64 bits per heavy atom. The number of carbonyl (C=O) groups is 2. The molecule has 0 aliphatic rings. The molecule has 1 N–H and O–H groups in total. The van der Waals surface area contributed by atoms with E-state index in [9.17, 15) is 9.59 Å². The van der Waals surface area contributed by atoms with Crippen molar-refractivity contribution in [2.75, 3.05) is 13.2 Å². The zero-order valence-corrected chi connectivity index (χ0v) is 6.42. The lowest BCUT2D eigenvalue weighted by Gasteiger charge is -2.01. The molecule has 0 aliphatic heterocycles. The quantitative estimate of drug-likeness (QED) is 0.604. The van der Waals surface area contributed by atoms with Crippen molar-refractivity contribution in [3.8, 4) is 0 Å². The van der Waals surface area contributed by atoms with Crippen LogP contribution in [0.5, 0.6) is 0 Å². The van der Waals surface area contributed by atoms with Gasteiger partial charge in [0.2, 0.25) is 0 Å². The van der Waals surface area contributed by atoms with Gasteiger partial charge in [0.05, 0.1) is 6.54 Å². The molecule has 0 atom stereocenters. The second kappa shape index (κ2) is 5.46. The number of alkyl carbamates (subject to hydrolysis) is 1. The monoisotopic (exact) mass is 157 g/mol. The van der Waals surface area contributed by atoms with Crippen LogP contribution in [0.4, 0.5) is 4.79 Å². The van der Waals surface area contributed by atoms with Crippen molar-refractivity contribution in [3.63, 3.8) is 0 Å². The highest BCUT2D eigenvalue weighted by Crippen LogP contribution is 1.77. The Balaban J connectivity index is 3.37. The number of nitrogens with one attached hydrogen (secondary N) is 1. The van der Waals surface area contributed by atoms with Crippen molar-refractivity contribution >= 4 is 11.9 Å². The molecule has 0 aromatic rings. The van der Waals surface area contributed by atoms with Crippen LogP contribution < -0.4 is 5.32 Å². The number of hydrogen-bond acceptors (Lipinski definition) is 3. The molecule has 0 aromatic heterocycles. The summed E-state index contributed by atoms with van der Waals surface area (Å²) in [5.74, 6) is -0.111. The summed E-state index contributed by atoms with van der Waals surface area (Å²) in [6.07, 6.45) is 0.855. The van der Waals surface area contributed by atoms with Crippen LogP contribution in [-0.2, 0) is 9.53 Å². The summed E-state index contributed by atoms with van der Waals surface area (Å²) in [6, 6.07) is 0. The van der Waals surface area contributed by atoms with Crippen LogP contribution in [-0.4, -0.2) is 25.0 Å². The summed E-state index contributed by atoms with van der Waals surface area (Å²) in [6.45, 7) is 4.91. The smallest absolute Gasteiger partial charge is 0.407 e. The van der Waals surface area contributed by atoms with Gasteiger partial charge in [0, 0.05) is 0 Å². The maximum Gasteiger partial charge on any atom is 0.407 e. The van der Waals surface area contributed by atoms with E-state index in [2.05, 4.69) is 16.6 Å². The van der Waals surface area contributed by atoms with Crippen molar-refractivity contribution < 1.29 is 14.3 Å². The fraction of sp³-hybridized carbons (Fsp3) is 0.429. The summed E-state index contributed by atoms with van der Waals surface area (Å²) >= 11 is 0. The van der Waals surface area contributed by atoms with Crippen molar-refractivity contribution in [2.24, 2.45) is 0 Å². The minimum absolute atomic E-state index is 0.00990. The topological polar surface area (TPSA) is 55.4 Å². The fourth-order valence-corrected chi connectivity index (χ4v) is 0.382. The Morgan fingerprint density at radius 2 is 2.27 bits per heavy atom. The lowest BCUT2D eigenvalue weighted by molar-refractivity contribution is -0.116. The fourth-order valence-electron chi connectivity index (χ4n) is 0.382. The Labute approximate surface area is 65.2 Å². The second-order valence-corrected chi connectivity index (χ2v) is 1.94. The van der Waals surface area contributed by atoms with E-state index < -0.39 is 6.09 Å². The molecule has 0 fully saturated rings. The highest BCUT2D eigenvalue weighted by Gasteiger charge is 1.99. The van der Waals surface area contributed by atoms with Crippen molar-refractivity contribution in [3.05, 3.63) is 12.7 Å². The Bertz CT molecular complexity index is 165. The standard InChI is InChI=1S/C7H11NO3/c1-3-4-11-7(10)8-5-6(2)9/h3H,1,4-5H2,2H3,(H,8,10). The molecular weight excluding hydrogens is 146 g/mol. The maximum atomic E-state index is 10.6. The first-order chi connectivity index (χ1) is 5.16. The van der Waals surface area contributed by atoms with Gasteiger partial charge in [-0.05, 0) is 6.92 Å². The highest BCUT2D eigenvalue weighted by atomic mass is 16.5. The summed E-state index contributed by atoms with van der Waals surface area (Å²) in [5, 5.41) is 2.26. The number of rotatable bonds is 4. The van der Waals surface area contributed by atoms with Crippen LogP contribution in [0, 0.1) is 0 Å². The third kappa shape index (κ3) is 6.57. The lowest BCUT2D eigenvalue weighted by Crippen LogP contribution is -2.28. The van der Waals surface area contributed by atoms with E-state index in [4.69, 9.17) is 0 Å². The van der Waals surface area contributed by atoms with E-state index in [1.807, 2.05) is 0 Å². The molecule has 0 saturated carbocycles. The zero-order chi connectivity index (χ0) is 8.69. The first-order valence-corrected chi connectivity index (χ1v) is 3.17. The van der Waals surface area contributed by atoms with Gasteiger partial charge in [-0.3, -0.25) is 4.79 Å². The Morgan fingerprint density at radius 3 is 2.73 bits per heavy atom. The highest BCUT2D eigenvalue weighted by molar-refractivity contribution is 5.81. The minimum atomic E-state index is -0.597. The molecule has 0 aliphatic carbocycles. The molecule has 1 amide bonds. The maximum absolute atomic E-state index is 10.6. The molecule has 4 heteroatoms. The van der Waals surface area contributed by atoms with Gasteiger partial charge in [-0.25, -0.2) is 4.79 Å². The van der Waals surface area contributed by atoms with Gasteiger partial charge in [0.15, 0.2) is 0 Å². The van der Waals surface area contributed by atoms with E-state index >= 15 is 0 Å². The van der Waals surface area contributed by atoms with E-state index in [1.165, 1.54) is 13.0 Å². The van der Waals surface area contributed by atoms with Crippen molar-refractivity contribution in [2.45, 2.75) is 6.92 Å². The van der Waals surface area contributed by atoms with Crippen LogP contribution in [0.15, 0.2) is 12.7 Å². The molecule has 11 heavy (non-hydrogen) atoms. The van der Waals surface area contributed by atoms with E-state index in [0.717, 1.165) is 0 Å². The third-order valence-electron chi connectivity index (χ3n) is 0.814. The predicted molar refractivity (Wildman–Crippen MR) is 40.2 cm³/mol. The molecule has 0 rings (SSSR count). The van der Waals surface area contributed by atoms with Crippen molar-refractivity contribution in [1.82, 2.24) is 5.32 Å². The minimum Gasteiger partial charge on any atom is -0.445 e. The Kier molecular flexibility index (Phi) is 4.81. The van der Waals surface area contributed by atoms with Crippen LogP contribution >= 0.6 is 0 Å². The molecule has 0 spiro atoms. The number of carbonyl (C=O) groups excluding carboxylic acids is 2. The van der Waals surface area contributed by atoms with E-state index in [-0.39, 0.29) is 18.9 Å². The van der Waals surface area contributed by atoms with E-state index in [0.29, 0.717) is 0 Å². The largest absolute Gasteiger partial charge is 0.445 e. The summed E-state index contributed by atoms with van der Waals surface area (Å²) in [7, 11) is 0. The van der Waals surface area contributed by atoms with Gasteiger partial charge in [-0.1, -0.05) is 12.7 Å². The number of amides is 1. The van der Waals surface area contributed by atoms with Gasteiger partial charge >= 0.3 is 6.09 Å². The second-order valence-electron chi connectivity index (χ2n) is 1.94. The van der Waals surface area contributed by atoms with Crippen LogP contribution in [0.3, 0.4) is 0 Å². The molecule has 4 nitrogen and oxygen atoms in total. The van der Waals surface area contributed by atoms with Crippen LogP contribution in [0.25, 0.3) is 0 Å². The Hall–Kier alpha value is -1.32. The molecule has 0 aromatic carbocycles. The normalized spacial score (nSPS) is 8.45. The number of hydrogen-bond donors (Lipinski definition) is 1. The molecule has 0 heterocycles. The number of Topliss-reactive ketones (excluding diaryl/α,β-unsaturated/α-hetero) is 1. The first kappa shape index (κ1) is 9.68. The molecule has 0 radical (unpaired) electrons. The van der Waals surface area contributed by atoms with Crippen molar-refractivity contribution in [1.29, 1.82) is 0 Å². The number of ether oxygens (including phenoxy) is 1. The van der Waals surface area contributed by atoms with Gasteiger partial charge < -0.3 is 10.1 Å². The third-order valence-corrected chi connectivity index (χ3v) is 0.814. The van der Waals surface area contributed by atoms with Gasteiger partial charge in [-0.2, -0.15) is 0 Å². The molecule has 0 unspecified atom stereocenters. The predicted octanol–water partition coefficient (Wildman–Crippen LogP) is 0.488. The SMILES string of the molecule is C=CCOC(=O)NCC(C)=O. The molecule has 62 valence electrons. The number of ketones is 1. The lowest BCUT2D eigenvalue weighted by atomic mass is 10.4. The van der Waals surface area contributed by atoms with Gasteiger partial charge in [0.1, 0.15) is 12.4 Å². The summed E-state index contributed by atoms with van der Waals surface area (Å²) < 4.78 is 4.52.